The Morgan fingerprint density at radius 2 is 1.87 bits per heavy atom. The van der Waals surface area contributed by atoms with Gasteiger partial charge in [-0.05, 0) is 12.8 Å². The zero-order valence-electron chi connectivity index (χ0n) is 13.2. The molecule has 23 heavy (non-hydrogen) atoms. The van der Waals surface area contributed by atoms with Crippen molar-refractivity contribution in [2.45, 2.75) is 12.8 Å². The highest BCUT2D eigenvalue weighted by Crippen LogP contribution is 2.35. The van der Waals surface area contributed by atoms with Crippen LogP contribution in [0.1, 0.15) is 18.4 Å². The molecular formula is C16H18N4O2S. The topological polar surface area (TPSA) is 81.6 Å². The molecule has 0 saturated carbocycles. The third-order valence-electron chi connectivity index (χ3n) is 3.48. The fourth-order valence-electron chi connectivity index (χ4n) is 2.35. The highest BCUT2D eigenvalue weighted by molar-refractivity contribution is 8.13. The van der Waals surface area contributed by atoms with Gasteiger partial charge in [-0.1, -0.05) is 11.8 Å². The second-order valence-electron chi connectivity index (χ2n) is 4.87. The molecular weight excluding hydrogens is 312 g/mol. The molecule has 1 saturated heterocycles. The van der Waals surface area contributed by atoms with E-state index in [0.29, 0.717) is 28.5 Å². The number of nitrogens with zero attached hydrogens (tertiary/aromatic N) is 4. The lowest BCUT2D eigenvalue weighted by Crippen LogP contribution is -2.25. The summed E-state index contributed by atoms with van der Waals surface area (Å²) in [5, 5.41) is 19.0. The summed E-state index contributed by atoms with van der Waals surface area (Å²) >= 11 is 1.39. The third kappa shape index (κ3) is 4.08. The molecule has 1 aromatic rings. The van der Waals surface area contributed by atoms with E-state index in [1.165, 1.54) is 18.9 Å². The quantitative estimate of drug-likeness (QED) is 0.623. The van der Waals surface area contributed by atoms with Crippen molar-refractivity contribution in [3.8, 4) is 23.6 Å². The SMILES string of the molecule is COc1cc(C#N)c(N=C(SCC#N)N2CCCC2)cc1OC. The summed E-state index contributed by atoms with van der Waals surface area (Å²) in [5.41, 5.74) is 0.939. The van der Waals surface area contributed by atoms with Gasteiger partial charge in [-0.2, -0.15) is 10.5 Å². The maximum absolute atomic E-state index is 9.37. The fraction of sp³-hybridized carbons (Fsp3) is 0.438. The van der Waals surface area contributed by atoms with Crippen LogP contribution in [0, 0.1) is 22.7 Å². The highest BCUT2D eigenvalue weighted by atomic mass is 32.2. The second-order valence-corrected chi connectivity index (χ2v) is 5.81. The number of hydrogen-bond donors (Lipinski definition) is 0. The van der Waals surface area contributed by atoms with Crippen molar-refractivity contribution >= 4 is 22.6 Å². The van der Waals surface area contributed by atoms with E-state index in [4.69, 9.17) is 14.7 Å². The number of amidine groups is 1. The number of thioether (sulfide) groups is 1. The Labute approximate surface area is 140 Å². The Hall–Kier alpha value is -2.38. The van der Waals surface area contributed by atoms with E-state index in [1.54, 1.807) is 19.2 Å². The van der Waals surface area contributed by atoms with Gasteiger partial charge in [0, 0.05) is 25.2 Å². The lowest BCUT2D eigenvalue weighted by Gasteiger charge is -2.19. The van der Waals surface area contributed by atoms with Crippen LogP contribution >= 0.6 is 11.8 Å². The summed E-state index contributed by atoms with van der Waals surface area (Å²) in [5.74, 6) is 1.34. The minimum atomic E-state index is 0.324. The van der Waals surface area contributed by atoms with Crippen molar-refractivity contribution in [3.63, 3.8) is 0 Å². The van der Waals surface area contributed by atoms with Gasteiger partial charge in [-0.15, -0.1) is 0 Å². The van der Waals surface area contributed by atoms with Gasteiger partial charge in [0.15, 0.2) is 16.7 Å². The number of benzene rings is 1. The van der Waals surface area contributed by atoms with Crippen molar-refractivity contribution in [1.82, 2.24) is 4.90 Å². The number of ether oxygens (including phenoxy) is 2. The lowest BCUT2D eigenvalue weighted by atomic mass is 10.1. The Kier molecular flexibility index (Phi) is 6.13. The number of rotatable bonds is 4. The molecule has 0 N–H and O–H groups in total. The Bertz CT molecular complexity index is 670. The normalized spacial score (nSPS) is 14.3. The second kappa shape index (κ2) is 8.30. The lowest BCUT2D eigenvalue weighted by molar-refractivity contribution is 0.355. The van der Waals surface area contributed by atoms with Gasteiger partial charge in [0.2, 0.25) is 0 Å². The first kappa shape index (κ1) is 17.0. The molecule has 0 aromatic heterocycles. The standard InChI is InChI=1S/C16H18N4O2S/c1-21-14-9-12(11-18)13(10-15(14)22-2)19-16(23-8-5-17)20-6-3-4-7-20/h9-10H,3-4,6-8H2,1-2H3. The van der Waals surface area contributed by atoms with Gasteiger partial charge in [-0.3, -0.25) is 0 Å². The molecule has 0 unspecified atom stereocenters. The van der Waals surface area contributed by atoms with Crippen molar-refractivity contribution < 1.29 is 9.47 Å². The first-order valence-corrected chi connectivity index (χ1v) is 8.21. The number of methoxy groups -OCH3 is 2. The molecule has 1 heterocycles. The average Bonchev–Trinajstić information content (AvgIpc) is 3.12. The molecule has 0 aliphatic carbocycles. The zero-order valence-corrected chi connectivity index (χ0v) is 14.0. The Morgan fingerprint density at radius 3 is 2.43 bits per heavy atom. The summed E-state index contributed by atoms with van der Waals surface area (Å²) < 4.78 is 10.5. The Balaban J connectivity index is 2.44. The first-order valence-electron chi connectivity index (χ1n) is 7.23. The molecule has 6 nitrogen and oxygen atoms in total. The average molecular weight is 330 g/mol. The van der Waals surface area contributed by atoms with E-state index in [-0.39, 0.29) is 0 Å². The number of likely N-dealkylation sites (tertiary alicyclic amines) is 1. The molecule has 1 fully saturated rings. The van der Waals surface area contributed by atoms with Crippen molar-refractivity contribution in [3.05, 3.63) is 17.7 Å². The van der Waals surface area contributed by atoms with E-state index in [1.807, 2.05) is 0 Å². The predicted octanol–water partition coefficient (Wildman–Crippen LogP) is 2.92. The van der Waals surface area contributed by atoms with Gasteiger partial charge in [0.25, 0.3) is 0 Å². The number of aliphatic imine (C=N–C) groups is 1. The molecule has 0 radical (unpaired) electrons. The van der Waals surface area contributed by atoms with Crippen LogP contribution in [0.25, 0.3) is 0 Å². The molecule has 2 rings (SSSR count). The highest BCUT2D eigenvalue weighted by Gasteiger charge is 2.18. The van der Waals surface area contributed by atoms with Crippen LogP contribution < -0.4 is 9.47 Å². The van der Waals surface area contributed by atoms with E-state index < -0.39 is 0 Å². The summed E-state index contributed by atoms with van der Waals surface area (Å²) in [6, 6.07) is 7.57. The van der Waals surface area contributed by atoms with E-state index >= 15 is 0 Å². The number of nitriles is 2. The van der Waals surface area contributed by atoms with Crippen LogP contribution in [0.5, 0.6) is 11.5 Å². The largest absolute Gasteiger partial charge is 0.493 e. The summed E-state index contributed by atoms with van der Waals surface area (Å²) in [6.45, 7) is 1.85. The van der Waals surface area contributed by atoms with Crippen molar-refractivity contribution in [2.75, 3.05) is 33.1 Å². The first-order chi connectivity index (χ1) is 11.2. The molecule has 0 bridgehead atoms. The Morgan fingerprint density at radius 1 is 1.22 bits per heavy atom. The molecule has 0 atom stereocenters. The molecule has 1 aromatic carbocycles. The van der Waals surface area contributed by atoms with Crippen LogP contribution in [0.15, 0.2) is 17.1 Å². The van der Waals surface area contributed by atoms with Crippen LogP contribution in [0.2, 0.25) is 0 Å². The smallest absolute Gasteiger partial charge is 0.165 e. The maximum atomic E-state index is 9.37. The molecule has 0 spiro atoms. The van der Waals surface area contributed by atoms with Gasteiger partial charge in [0.05, 0.1) is 37.3 Å². The van der Waals surface area contributed by atoms with Gasteiger partial charge >= 0.3 is 0 Å². The van der Waals surface area contributed by atoms with Crippen molar-refractivity contribution in [1.29, 1.82) is 10.5 Å². The fourth-order valence-corrected chi connectivity index (χ4v) is 3.07. The van der Waals surface area contributed by atoms with E-state index in [0.717, 1.165) is 31.1 Å². The minimum Gasteiger partial charge on any atom is -0.493 e. The molecule has 120 valence electrons. The number of hydrogen-bond acceptors (Lipinski definition) is 6. The zero-order chi connectivity index (χ0) is 16.7. The molecule has 7 heteroatoms. The maximum Gasteiger partial charge on any atom is 0.165 e. The van der Waals surface area contributed by atoms with Crippen LogP contribution in [0.3, 0.4) is 0 Å². The predicted molar refractivity (Wildman–Crippen MR) is 90.2 cm³/mol. The minimum absolute atomic E-state index is 0.324. The summed E-state index contributed by atoms with van der Waals surface area (Å²) in [6.07, 6.45) is 2.23. The van der Waals surface area contributed by atoms with Gasteiger partial charge in [0.1, 0.15) is 6.07 Å². The summed E-state index contributed by atoms with van der Waals surface area (Å²) in [7, 11) is 3.07. The monoisotopic (exact) mass is 330 g/mol. The molecule has 1 aliphatic heterocycles. The molecule has 1 aliphatic rings. The van der Waals surface area contributed by atoms with Crippen LogP contribution in [-0.4, -0.2) is 43.1 Å². The van der Waals surface area contributed by atoms with E-state index in [9.17, 15) is 5.26 Å². The molecule has 0 amide bonds. The van der Waals surface area contributed by atoms with Gasteiger partial charge < -0.3 is 14.4 Å². The van der Waals surface area contributed by atoms with E-state index in [2.05, 4.69) is 22.0 Å². The van der Waals surface area contributed by atoms with Crippen molar-refractivity contribution in [2.24, 2.45) is 4.99 Å². The van der Waals surface area contributed by atoms with Crippen LogP contribution in [-0.2, 0) is 0 Å². The van der Waals surface area contributed by atoms with Crippen LogP contribution in [0.4, 0.5) is 5.69 Å². The van der Waals surface area contributed by atoms with Gasteiger partial charge in [-0.25, -0.2) is 4.99 Å². The third-order valence-corrected chi connectivity index (χ3v) is 4.36. The summed E-state index contributed by atoms with van der Waals surface area (Å²) in [4.78, 5) is 6.78.